The van der Waals surface area contributed by atoms with Crippen LogP contribution in [0.5, 0.6) is 0 Å². The molecule has 164 valence electrons. The maximum Gasteiger partial charge on any atom is 0.272 e. The summed E-state index contributed by atoms with van der Waals surface area (Å²) in [5.41, 5.74) is 3.01. The lowest BCUT2D eigenvalue weighted by molar-refractivity contribution is -0.0139. The number of rotatable bonds is 4. The molecule has 8 heteroatoms. The van der Waals surface area contributed by atoms with E-state index in [4.69, 9.17) is 11.6 Å². The van der Waals surface area contributed by atoms with Crippen LogP contribution in [0.4, 0.5) is 5.82 Å². The predicted molar refractivity (Wildman–Crippen MR) is 119 cm³/mol. The van der Waals surface area contributed by atoms with Crippen LogP contribution in [-0.4, -0.2) is 68.6 Å². The fraction of sp³-hybridized carbons (Fsp3) is 0.522. The fourth-order valence-electron chi connectivity index (χ4n) is 4.86. The molecule has 0 unspecified atom stereocenters. The molecule has 1 aromatic carbocycles. The summed E-state index contributed by atoms with van der Waals surface area (Å²) < 4.78 is 0. The molecule has 1 aromatic heterocycles. The van der Waals surface area contributed by atoms with E-state index in [2.05, 4.69) is 44.5 Å². The molecule has 2 aliphatic heterocycles. The van der Waals surface area contributed by atoms with Gasteiger partial charge in [-0.2, -0.15) is 0 Å². The van der Waals surface area contributed by atoms with Crippen LogP contribution in [0.3, 0.4) is 0 Å². The van der Waals surface area contributed by atoms with Crippen LogP contribution < -0.4 is 5.32 Å². The number of hydrogen-bond acceptors (Lipinski definition) is 6. The molecule has 2 fully saturated rings. The van der Waals surface area contributed by atoms with E-state index in [0.29, 0.717) is 24.9 Å². The normalized spacial score (nSPS) is 24.4. The van der Waals surface area contributed by atoms with Gasteiger partial charge in [0.25, 0.3) is 5.91 Å². The molecule has 3 heterocycles. The summed E-state index contributed by atoms with van der Waals surface area (Å²) in [6.45, 7) is 2.67. The standard InChI is InChI=1S/C23H28ClN5O2/c24-23-26-18(12-21(27-23)25-17-6-3-7-17)22(31)29-11-9-19(20(30)14-29)28-10-8-15-4-1-2-5-16(15)13-28/h1-2,4-5,12,17,19-20,30H,3,6-11,13-14H2,(H,25,26,27)/t19-,20-/m1/s1. The first-order valence-corrected chi connectivity index (χ1v) is 11.5. The molecule has 1 aliphatic carbocycles. The number of amides is 1. The van der Waals surface area contributed by atoms with E-state index in [-0.39, 0.29) is 22.9 Å². The number of fused-ring (bicyclic) bond motifs is 1. The number of aliphatic hydroxyl groups excluding tert-OH is 1. The van der Waals surface area contributed by atoms with Gasteiger partial charge in [-0.15, -0.1) is 0 Å². The number of likely N-dealkylation sites (tertiary alicyclic amines) is 1. The highest BCUT2D eigenvalue weighted by molar-refractivity contribution is 6.28. The van der Waals surface area contributed by atoms with Gasteiger partial charge in [-0.3, -0.25) is 9.69 Å². The zero-order chi connectivity index (χ0) is 21.4. The van der Waals surface area contributed by atoms with Crippen LogP contribution in [0.15, 0.2) is 30.3 Å². The minimum absolute atomic E-state index is 0.0576. The monoisotopic (exact) mass is 441 g/mol. The lowest BCUT2D eigenvalue weighted by Crippen LogP contribution is -2.56. The van der Waals surface area contributed by atoms with E-state index in [1.54, 1.807) is 11.0 Å². The molecule has 2 aromatic rings. The Balaban J connectivity index is 1.24. The zero-order valence-corrected chi connectivity index (χ0v) is 18.3. The maximum atomic E-state index is 13.1. The molecule has 3 aliphatic rings. The average molecular weight is 442 g/mol. The maximum absolute atomic E-state index is 13.1. The van der Waals surface area contributed by atoms with Gasteiger partial charge in [-0.25, -0.2) is 9.97 Å². The Morgan fingerprint density at radius 2 is 1.94 bits per heavy atom. The van der Waals surface area contributed by atoms with Crippen molar-refractivity contribution in [2.24, 2.45) is 0 Å². The molecule has 7 nitrogen and oxygen atoms in total. The van der Waals surface area contributed by atoms with Crippen molar-refractivity contribution < 1.29 is 9.90 Å². The molecule has 31 heavy (non-hydrogen) atoms. The molecule has 0 bridgehead atoms. The largest absolute Gasteiger partial charge is 0.390 e. The Morgan fingerprint density at radius 3 is 2.68 bits per heavy atom. The third-order valence-electron chi connectivity index (χ3n) is 6.84. The predicted octanol–water partition coefficient (Wildman–Crippen LogP) is 2.73. The quantitative estimate of drug-likeness (QED) is 0.710. The summed E-state index contributed by atoms with van der Waals surface area (Å²) in [4.78, 5) is 25.5. The fourth-order valence-corrected chi connectivity index (χ4v) is 5.04. The Morgan fingerprint density at radius 1 is 1.13 bits per heavy atom. The van der Waals surface area contributed by atoms with Crippen molar-refractivity contribution in [3.05, 3.63) is 52.4 Å². The topological polar surface area (TPSA) is 81.6 Å². The van der Waals surface area contributed by atoms with E-state index >= 15 is 0 Å². The molecule has 1 amide bonds. The van der Waals surface area contributed by atoms with Crippen LogP contribution >= 0.6 is 11.6 Å². The number of nitrogens with zero attached hydrogens (tertiary/aromatic N) is 4. The van der Waals surface area contributed by atoms with E-state index in [9.17, 15) is 9.90 Å². The summed E-state index contributed by atoms with van der Waals surface area (Å²) in [5.74, 6) is 0.387. The van der Waals surface area contributed by atoms with E-state index < -0.39 is 6.10 Å². The second kappa shape index (κ2) is 8.73. The second-order valence-electron chi connectivity index (χ2n) is 8.84. The van der Waals surface area contributed by atoms with Gasteiger partial charge in [0.15, 0.2) is 0 Å². The lowest BCUT2D eigenvalue weighted by Gasteiger charge is -2.43. The summed E-state index contributed by atoms with van der Waals surface area (Å²) >= 11 is 6.08. The molecule has 2 N–H and O–H groups in total. The minimum Gasteiger partial charge on any atom is -0.390 e. The number of halogens is 1. The molecule has 0 spiro atoms. The van der Waals surface area contributed by atoms with Crippen molar-refractivity contribution >= 4 is 23.3 Å². The summed E-state index contributed by atoms with van der Waals surface area (Å²) in [5, 5.41) is 14.3. The summed E-state index contributed by atoms with van der Waals surface area (Å²) in [6, 6.07) is 10.6. The Bertz CT molecular complexity index is 967. The van der Waals surface area contributed by atoms with Crippen LogP contribution in [0.25, 0.3) is 0 Å². The molecule has 2 atom stereocenters. The third kappa shape index (κ3) is 4.40. The number of anilines is 1. The molecular formula is C23H28ClN5O2. The molecule has 5 rings (SSSR count). The minimum atomic E-state index is -0.590. The van der Waals surface area contributed by atoms with Crippen molar-refractivity contribution in [3.8, 4) is 0 Å². The first-order chi connectivity index (χ1) is 15.1. The van der Waals surface area contributed by atoms with E-state index in [1.165, 1.54) is 17.5 Å². The number of aliphatic hydroxyl groups is 1. The van der Waals surface area contributed by atoms with Crippen LogP contribution in [-0.2, 0) is 13.0 Å². The number of benzene rings is 1. The molecule has 1 saturated heterocycles. The highest BCUT2D eigenvalue weighted by atomic mass is 35.5. The first-order valence-electron chi connectivity index (χ1n) is 11.2. The van der Waals surface area contributed by atoms with Crippen molar-refractivity contribution in [2.75, 3.05) is 25.0 Å². The number of carbonyl (C=O) groups is 1. The lowest BCUT2D eigenvalue weighted by atomic mass is 9.93. The number of β-amino-alcohol motifs (C(OH)–C–C–N with tert-alkyl or cyclic N) is 1. The second-order valence-corrected chi connectivity index (χ2v) is 9.18. The number of piperidine rings is 1. The van der Waals surface area contributed by atoms with Crippen LogP contribution in [0.2, 0.25) is 5.28 Å². The number of carbonyl (C=O) groups excluding carboxylic acids is 1. The van der Waals surface area contributed by atoms with Gasteiger partial charge in [-0.1, -0.05) is 24.3 Å². The SMILES string of the molecule is O=C(c1cc(NC2CCC2)nc(Cl)n1)N1CC[C@@H](N2CCc3ccccc3C2)[C@H](O)C1. The third-order valence-corrected chi connectivity index (χ3v) is 7.01. The van der Waals surface area contributed by atoms with Gasteiger partial charge in [0.05, 0.1) is 6.10 Å². The first kappa shape index (κ1) is 20.7. The van der Waals surface area contributed by atoms with Gasteiger partial charge < -0.3 is 15.3 Å². The number of hydrogen-bond donors (Lipinski definition) is 2. The Kier molecular flexibility index (Phi) is 5.82. The zero-order valence-electron chi connectivity index (χ0n) is 17.5. The average Bonchev–Trinajstić information content (AvgIpc) is 2.75. The highest BCUT2D eigenvalue weighted by Crippen LogP contribution is 2.27. The summed E-state index contributed by atoms with van der Waals surface area (Å²) in [7, 11) is 0. The van der Waals surface area contributed by atoms with Crippen LogP contribution in [0.1, 0.15) is 47.3 Å². The van der Waals surface area contributed by atoms with Gasteiger partial charge in [0.2, 0.25) is 5.28 Å². The van der Waals surface area contributed by atoms with Crippen molar-refractivity contribution in [1.29, 1.82) is 0 Å². The van der Waals surface area contributed by atoms with Crippen molar-refractivity contribution in [3.63, 3.8) is 0 Å². The molecule has 0 radical (unpaired) electrons. The van der Waals surface area contributed by atoms with Crippen molar-refractivity contribution in [1.82, 2.24) is 19.8 Å². The Hall–Kier alpha value is -2.22. The van der Waals surface area contributed by atoms with E-state index in [1.807, 2.05) is 0 Å². The smallest absolute Gasteiger partial charge is 0.272 e. The van der Waals surface area contributed by atoms with Crippen molar-refractivity contribution in [2.45, 2.75) is 56.8 Å². The highest BCUT2D eigenvalue weighted by Gasteiger charge is 2.36. The molecule has 1 saturated carbocycles. The van der Waals surface area contributed by atoms with Crippen LogP contribution in [0, 0.1) is 0 Å². The Labute approximate surface area is 187 Å². The van der Waals surface area contributed by atoms with E-state index in [0.717, 1.165) is 38.8 Å². The van der Waals surface area contributed by atoms with Gasteiger partial charge in [0, 0.05) is 44.3 Å². The summed E-state index contributed by atoms with van der Waals surface area (Å²) in [6.07, 6.45) is 4.56. The van der Waals surface area contributed by atoms with Gasteiger partial charge in [-0.05, 0) is 54.8 Å². The molecular weight excluding hydrogens is 414 g/mol. The van der Waals surface area contributed by atoms with Gasteiger partial charge in [0.1, 0.15) is 11.5 Å². The number of aromatic nitrogens is 2. The van der Waals surface area contributed by atoms with Gasteiger partial charge >= 0.3 is 0 Å². The number of nitrogens with one attached hydrogen (secondary N) is 1.